The van der Waals surface area contributed by atoms with Gasteiger partial charge in [-0.25, -0.2) is 9.97 Å². The molecule has 1 rings (SSSR count). The number of rotatable bonds is 5. The molecule has 0 aromatic carbocycles. The first-order valence-electron chi connectivity index (χ1n) is 5.09. The number of aliphatic hydroxyl groups excluding tert-OH is 1. The molecular formula is C9H15N5O3. The molecule has 0 bridgehead atoms. The summed E-state index contributed by atoms with van der Waals surface area (Å²) in [6.45, 7) is 3.60. The zero-order valence-corrected chi connectivity index (χ0v) is 9.62. The predicted octanol–water partition coefficient (Wildman–Crippen LogP) is 0.396. The summed E-state index contributed by atoms with van der Waals surface area (Å²) in [6.07, 6.45) is 1.14. The highest BCUT2D eigenvalue weighted by Crippen LogP contribution is 2.27. The molecule has 94 valence electrons. The van der Waals surface area contributed by atoms with Gasteiger partial charge in [-0.15, -0.1) is 0 Å². The zero-order valence-electron chi connectivity index (χ0n) is 9.62. The molecule has 0 aliphatic carbocycles. The van der Waals surface area contributed by atoms with Crippen molar-refractivity contribution in [2.45, 2.75) is 19.9 Å². The second kappa shape index (κ2) is 5.39. The van der Waals surface area contributed by atoms with Crippen LogP contribution < -0.4 is 11.1 Å². The highest BCUT2D eigenvalue weighted by Gasteiger charge is 2.23. The minimum Gasteiger partial charge on any atom is -0.394 e. The molecule has 8 heteroatoms. The maximum absolute atomic E-state index is 10.8. The van der Waals surface area contributed by atoms with E-state index in [0.717, 1.165) is 6.33 Å². The van der Waals surface area contributed by atoms with Crippen LogP contribution in [0.3, 0.4) is 0 Å². The lowest BCUT2D eigenvalue weighted by Crippen LogP contribution is -2.30. The summed E-state index contributed by atoms with van der Waals surface area (Å²) in [5, 5.41) is 22.8. The van der Waals surface area contributed by atoms with E-state index in [1.807, 2.05) is 13.8 Å². The molecule has 8 nitrogen and oxygen atoms in total. The molecule has 0 spiro atoms. The van der Waals surface area contributed by atoms with Gasteiger partial charge in [-0.2, -0.15) is 0 Å². The molecule has 0 amide bonds. The van der Waals surface area contributed by atoms with Crippen LogP contribution in [0.15, 0.2) is 6.33 Å². The standard InChI is InChI=1S/C9H15N5O3/c1-5(2)6(3-15)13-9-7(14(16)17)8(10)11-4-12-9/h4-6,15H,3H2,1-2H3,(H3,10,11,12,13). The number of anilines is 2. The monoisotopic (exact) mass is 241 g/mol. The van der Waals surface area contributed by atoms with Crippen LogP contribution in [0.25, 0.3) is 0 Å². The fourth-order valence-electron chi connectivity index (χ4n) is 1.28. The van der Waals surface area contributed by atoms with Crippen LogP contribution in [0.2, 0.25) is 0 Å². The lowest BCUT2D eigenvalue weighted by atomic mass is 10.1. The molecule has 0 radical (unpaired) electrons. The van der Waals surface area contributed by atoms with Gasteiger partial charge in [0.1, 0.15) is 6.33 Å². The minimum absolute atomic E-state index is 0.0234. The molecule has 0 saturated carbocycles. The Morgan fingerprint density at radius 3 is 2.71 bits per heavy atom. The van der Waals surface area contributed by atoms with Crippen molar-refractivity contribution < 1.29 is 10.0 Å². The maximum Gasteiger partial charge on any atom is 0.352 e. The Bertz CT molecular complexity index is 410. The predicted molar refractivity (Wildman–Crippen MR) is 62.4 cm³/mol. The number of hydrogen-bond acceptors (Lipinski definition) is 7. The van der Waals surface area contributed by atoms with Crippen LogP contribution in [0.5, 0.6) is 0 Å². The van der Waals surface area contributed by atoms with E-state index in [0.29, 0.717) is 0 Å². The first-order chi connectivity index (χ1) is 7.97. The van der Waals surface area contributed by atoms with Crippen LogP contribution >= 0.6 is 0 Å². The van der Waals surface area contributed by atoms with Gasteiger partial charge in [0.2, 0.25) is 11.6 Å². The molecule has 1 heterocycles. The molecule has 1 atom stereocenters. The smallest absolute Gasteiger partial charge is 0.352 e. The Balaban J connectivity index is 3.05. The maximum atomic E-state index is 10.8. The second-order valence-corrected chi connectivity index (χ2v) is 3.89. The summed E-state index contributed by atoms with van der Waals surface area (Å²) < 4.78 is 0. The van der Waals surface area contributed by atoms with Crippen LogP contribution in [0.1, 0.15) is 13.8 Å². The highest BCUT2D eigenvalue weighted by molar-refractivity contribution is 5.67. The van der Waals surface area contributed by atoms with Gasteiger partial charge in [0.05, 0.1) is 17.6 Å². The van der Waals surface area contributed by atoms with Crippen molar-refractivity contribution in [2.24, 2.45) is 5.92 Å². The summed E-state index contributed by atoms with van der Waals surface area (Å²) >= 11 is 0. The molecule has 1 aromatic rings. The second-order valence-electron chi connectivity index (χ2n) is 3.89. The lowest BCUT2D eigenvalue weighted by molar-refractivity contribution is -0.383. The van der Waals surface area contributed by atoms with E-state index in [2.05, 4.69) is 15.3 Å². The molecule has 0 aliphatic rings. The summed E-state index contributed by atoms with van der Waals surface area (Å²) in [7, 11) is 0. The number of nitrogens with one attached hydrogen (secondary N) is 1. The minimum atomic E-state index is -0.646. The number of aliphatic hydroxyl groups is 1. The molecular weight excluding hydrogens is 226 g/mol. The zero-order chi connectivity index (χ0) is 13.0. The summed E-state index contributed by atoms with van der Waals surface area (Å²) in [6, 6.07) is -0.331. The third-order valence-corrected chi connectivity index (χ3v) is 2.36. The Morgan fingerprint density at radius 1 is 1.59 bits per heavy atom. The Hall–Kier alpha value is -1.96. The largest absolute Gasteiger partial charge is 0.394 e. The van der Waals surface area contributed by atoms with Crippen molar-refractivity contribution >= 4 is 17.3 Å². The number of nitro groups is 1. The van der Waals surface area contributed by atoms with E-state index in [4.69, 9.17) is 10.8 Å². The van der Waals surface area contributed by atoms with Gasteiger partial charge in [-0.05, 0) is 5.92 Å². The topological polar surface area (TPSA) is 127 Å². The van der Waals surface area contributed by atoms with E-state index in [9.17, 15) is 10.1 Å². The fraction of sp³-hybridized carbons (Fsp3) is 0.556. The van der Waals surface area contributed by atoms with Gasteiger partial charge >= 0.3 is 5.69 Å². The normalized spacial score (nSPS) is 12.5. The van der Waals surface area contributed by atoms with Crippen LogP contribution in [-0.4, -0.2) is 32.6 Å². The van der Waals surface area contributed by atoms with Crippen molar-refractivity contribution in [2.75, 3.05) is 17.7 Å². The number of nitrogens with zero attached hydrogens (tertiary/aromatic N) is 3. The third-order valence-electron chi connectivity index (χ3n) is 2.36. The molecule has 0 fully saturated rings. The Kier molecular flexibility index (Phi) is 4.16. The van der Waals surface area contributed by atoms with Gasteiger partial charge in [0.25, 0.3) is 0 Å². The number of aromatic nitrogens is 2. The van der Waals surface area contributed by atoms with Gasteiger partial charge in [-0.3, -0.25) is 10.1 Å². The quantitative estimate of drug-likeness (QED) is 0.502. The van der Waals surface area contributed by atoms with Gasteiger partial charge in [0.15, 0.2) is 0 Å². The van der Waals surface area contributed by atoms with Crippen LogP contribution in [-0.2, 0) is 0 Å². The number of nitrogens with two attached hydrogens (primary N) is 1. The van der Waals surface area contributed by atoms with Gasteiger partial charge < -0.3 is 16.2 Å². The van der Waals surface area contributed by atoms with E-state index >= 15 is 0 Å². The average molecular weight is 241 g/mol. The Morgan fingerprint density at radius 2 is 2.24 bits per heavy atom. The molecule has 1 aromatic heterocycles. The first kappa shape index (κ1) is 13.1. The van der Waals surface area contributed by atoms with Crippen molar-refractivity contribution in [3.05, 3.63) is 16.4 Å². The van der Waals surface area contributed by atoms with Gasteiger partial charge in [0, 0.05) is 0 Å². The van der Waals surface area contributed by atoms with Crippen molar-refractivity contribution in [1.82, 2.24) is 9.97 Å². The third kappa shape index (κ3) is 3.00. The Labute approximate surface area is 98.0 Å². The van der Waals surface area contributed by atoms with Crippen molar-refractivity contribution in [1.29, 1.82) is 0 Å². The summed E-state index contributed by atoms with van der Waals surface area (Å²) in [4.78, 5) is 17.5. The van der Waals surface area contributed by atoms with E-state index in [1.54, 1.807) is 0 Å². The lowest BCUT2D eigenvalue weighted by Gasteiger charge is -2.20. The molecule has 17 heavy (non-hydrogen) atoms. The van der Waals surface area contributed by atoms with Crippen molar-refractivity contribution in [3.8, 4) is 0 Å². The summed E-state index contributed by atoms with van der Waals surface area (Å²) in [5.74, 6) is -0.0843. The average Bonchev–Trinajstić information content (AvgIpc) is 2.24. The number of nitrogen functional groups attached to an aromatic ring is 1. The molecule has 1 unspecified atom stereocenters. The summed E-state index contributed by atoms with van der Waals surface area (Å²) in [5.41, 5.74) is 5.05. The van der Waals surface area contributed by atoms with E-state index < -0.39 is 4.92 Å². The van der Waals surface area contributed by atoms with E-state index in [-0.39, 0.29) is 35.9 Å². The first-order valence-corrected chi connectivity index (χ1v) is 5.09. The van der Waals surface area contributed by atoms with E-state index in [1.165, 1.54) is 0 Å². The van der Waals surface area contributed by atoms with Crippen LogP contribution in [0, 0.1) is 16.0 Å². The number of hydrogen-bond donors (Lipinski definition) is 3. The van der Waals surface area contributed by atoms with Crippen molar-refractivity contribution in [3.63, 3.8) is 0 Å². The molecule has 0 aliphatic heterocycles. The fourth-order valence-corrected chi connectivity index (χ4v) is 1.28. The SMILES string of the molecule is CC(C)C(CO)Nc1ncnc(N)c1[N+](=O)[O-]. The molecule has 0 saturated heterocycles. The highest BCUT2D eigenvalue weighted by atomic mass is 16.6. The van der Waals surface area contributed by atoms with Crippen LogP contribution in [0.4, 0.5) is 17.3 Å². The molecule has 4 N–H and O–H groups in total. The van der Waals surface area contributed by atoms with Gasteiger partial charge in [-0.1, -0.05) is 13.8 Å².